The fourth-order valence-corrected chi connectivity index (χ4v) is 0.469. The first-order valence-corrected chi connectivity index (χ1v) is 3.55. The summed E-state index contributed by atoms with van der Waals surface area (Å²) < 4.78 is 4.70. The third kappa shape index (κ3) is 3.78. The van der Waals surface area contributed by atoms with Gasteiger partial charge in [0.2, 0.25) is 0 Å². The highest BCUT2D eigenvalue weighted by Crippen LogP contribution is 2.03. The smallest absolute Gasteiger partial charge is 0.311 e. The van der Waals surface area contributed by atoms with Crippen molar-refractivity contribution in [3.63, 3.8) is 0 Å². The maximum atomic E-state index is 10.9. The van der Waals surface area contributed by atoms with Gasteiger partial charge in [-0.1, -0.05) is 12.7 Å². The molecule has 0 aromatic rings. The minimum atomic E-state index is -0.660. The zero-order chi connectivity index (χ0) is 8.85. The van der Waals surface area contributed by atoms with Crippen LogP contribution in [0.1, 0.15) is 13.8 Å². The Morgan fingerprint density at radius 2 is 2.27 bits per heavy atom. The number of hydrogen-bond acceptors (Lipinski definition) is 3. The standard InChI is InChI=1S/C8H14O3/c1-4-5-11-8(10)6(2)7(3)9/h4,6-7,9H,1,5H2,2-3H3/t6-,7-/m0/s1. The summed E-state index contributed by atoms with van der Waals surface area (Å²) in [5.41, 5.74) is 0. The van der Waals surface area contributed by atoms with E-state index in [0.717, 1.165) is 0 Å². The lowest BCUT2D eigenvalue weighted by atomic mass is 10.1. The summed E-state index contributed by atoms with van der Waals surface area (Å²) in [5.74, 6) is -0.852. The molecule has 64 valence electrons. The van der Waals surface area contributed by atoms with Gasteiger partial charge in [0.25, 0.3) is 0 Å². The maximum Gasteiger partial charge on any atom is 0.311 e. The molecule has 11 heavy (non-hydrogen) atoms. The number of rotatable bonds is 4. The number of aliphatic hydroxyl groups is 1. The summed E-state index contributed by atoms with van der Waals surface area (Å²) in [6.07, 6.45) is 0.833. The van der Waals surface area contributed by atoms with E-state index < -0.39 is 12.0 Å². The Balaban J connectivity index is 3.73. The van der Waals surface area contributed by atoms with Gasteiger partial charge in [-0.2, -0.15) is 0 Å². The summed E-state index contributed by atoms with van der Waals surface area (Å²) in [4.78, 5) is 10.9. The number of ether oxygens (including phenoxy) is 1. The topological polar surface area (TPSA) is 46.5 Å². The average molecular weight is 158 g/mol. The van der Waals surface area contributed by atoms with E-state index in [2.05, 4.69) is 6.58 Å². The van der Waals surface area contributed by atoms with Crippen LogP contribution in [0.25, 0.3) is 0 Å². The van der Waals surface area contributed by atoms with Crippen LogP contribution in [0.15, 0.2) is 12.7 Å². The Morgan fingerprint density at radius 1 is 1.73 bits per heavy atom. The van der Waals surface area contributed by atoms with E-state index >= 15 is 0 Å². The second-order valence-corrected chi connectivity index (χ2v) is 2.45. The molecule has 0 radical (unpaired) electrons. The molecule has 0 saturated carbocycles. The largest absolute Gasteiger partial charge is 0.461 e. The molecule has 0 aromatic heterocycles. The first-order chi connectivity index (χ1) is 5.09. The second kappa shape index (κ2) is 4.91. The fraction of sp³-hybridized carbons (Fsp3) is 0.625. The van der Waals surface area contributed by atoms with Gasteiger partial charge in [0.05, 0.1) is 12.0 Å². The van der Waals surface area contributed by atoms with Crippen molar-refractivity contribution in [1.29, 1.82) is 0 Å². The van der Waals surface area contributed by atoms with Crippen molar-refractivity contribution in [3.8, 4) is 0 Å². The molecule has 0 aliphatic rings. The van der Waals surface area contributed by atoms with E-state index in [1.807, 2.05) is 0 Å². The summed E-state index contributed by atoms with van der Waals surface area (Å²) >= 11 is 0. The minimum absolute atomic E-state index is 0.204. The van der Waals surface area contributed by atoms with Crippen LogP contribution in [0, 0.1) is 5.92 Å². The van der Waals surface area contributed by atoms with E-state index in [1.165, 1.54) is 6.08 Å². The van der Waals surface area contributed by atoms with Crippen LogP contribution in [0.5, 0.6) is 0 Å². The molecule has 0 heterocycles. The van der Waals surface area contributed by atoms with E-state index in [0.29, 0.717) is 0 Å². The van der Waals surface area contributed by atoms with Crippen LogP contribution in [0.3, 0.4) is 0 Å². The Kier molecular flexibility index (Phi) is 4.54. The van der Waals surface area contributed by atoms with Crippen LogP contribution < -0.4 is 0 Å². The van der Waals surface area contributed by atoms with Gasteiger partial charge in [0, 0.05) is 0 Å². The van der Waals surface area contributed by atoms with E-state index in [9.17, 15) is 4.79 Å². The van der Waals surface area contributed by atoms with Crippen LogP contribution >= 0.6 is 0 Å². The third-order valence-corrected chi connectivity index (χ3v) is 1.44. The van der Waals surface area contributed by atoms with Gasteiger partial charge in [-0.15, -0.1) is 0 Å². The van der Waals surface area contributed by atoms with Crippen LogP contribution in [0.2, 0.25) is 0 Å². The first kappa shape index (κ1) is 10.2. The van der Waals surface area contributed by atoms with Gasteiger partial charge in [-0.3, -0.25) is 4.79 Å². The van der Waals surface area contributed by atoms with Gasteiger partial charge in [-0.05, 0) is 13.8 Å². The first-order valence-electron chi connectivity index (χ1n) is 3.55. The Labute approximate surface area is 66.7 Å². The molecule has 0 aromatic carbocycles. The molecule has 0 unspecified atom stereocenters. The van der Waals surface area contributed by atoms with Crippen molar-refractivity contribution >= 4 is 5.97 Å². The summed E-state index contributed by atoms with van der Waals surface area (Å²) in [6.45, 7) is 6.78. The Morgan fingerprint density at radius 3 is 2.64 bits per heavy atom. The highest BCUT2D eigenvalue weighted by Gasteiger charge is 2.18. The van der Waals surface area contributed by atoms with Gasteiger partial charge < -0.3 is 9.84 Å². The number of hydrogen-bond donors (Lipinski definition) is 1. The Hall–Kier alpha value is -0.830. The molecule has 0 aliphatic carbocycles. The van der Waals surface area contributed by atoms with E-state index in [4.69, 9.17) is 9.84 Å². The highest BCUT2D eigenvalue weighted by atomic mass is 16.5. The van der Waals surface area contributed by atoms with Crippen molar-refractivity contribution in [2.75, 3.05) is 6.61 Å². The molecule has 3 nitrogen and oxygen atoms in total. The van der Waals surface area contributed by atoms with Gasteiger partial charge in [-0.25, -0.2) is 0 Å². The quantitative estimate of drug-likeness (QED) is 0.484. The van der Waals surface area contributed by atoms with Crippen molar-refractivity contribution in [3.05, 3.63) is 12.7 Å². The van der Waals surface area contributed by atoms with Crippen molar-refractivity contribution in [2.24, 2.45) is 5.92 Å². The molecular formula is C8H14O3. The molecule has 0 spiro atoms. The maximum absolute atomic E-state index is 10.9. The van der Waals surface area contributed by atoms with Crippen LogP contribution in [-0.2, 0) is 9.53 Å². The molecule has 3 heteroatoms. The van der Waals surface area contributed by atoms with Crippen LogP contribution in [-0.4, -0.2) is 23.8 Å². The average Bonchev–Trinajstić information content (AvgIpc) is 1.98. The molecule has 0 saturated heterocycles. The highest BCUT2D eigenvalue weighted by molar-refractivity contribution is 5.72. The monoisotopic (exact) mass is 158 g/mol. The lowest BCUT2D eigenvalue weighted by Gasteiger charge is -2.12. The van der Waals surface area contributed by atoms with Gasteiger partial charge in [0.15, 0.2) is 0 Å². The number of carbonyl (C=O) groups excluding carboxylic acids is 1. The predicted molar refractivity (Wildman–Crippen MR) is 42.0 cm³/mol. The lowest BCUT2D eigenvalue weighted by molar-refractivity contribution is -0.149. The fourth-order valence-electron chi connectivity index (χ4n) is 0.469. The van der Waals surface area contributed by atoms with Crippen LogP contribution in [0.4, 0.5) is 0 Å². The molecule has 0 amide bonds. The molecule has 1 N–H and O–H groups in total. The van der Waals surface area contributed by atoms with E-state index in [1.54, 1.807) is 13.8 Å². The molecule has 2 atom stereocenters. The molecule has 0 rings (SSSR count). The number of carbonyl (C=O) groups is 1. The van der Waals surface area contributed by atoms with E-state index in [-0.39, 0.29) is 12.6 Å². The molecular weight excluding hydrogens is 144 g/mol. The lowest BCUT2D eigenvalue weighted by Crippen LogP contribution is -2.24. The van der Waals surface area contributed by atoms with Crippen molar-refractivity contribution < 1.29 is 14.6 Å². The van der Waals surface area contributed by atoms with Crippen molar-refractivity contribution in [2.45, 2.75) is 20.0 Å². The molecule has 0 fully saturated rings. The molecule has 0 aliphatic heterocycles. The second-order valence-electron chi connectivity index (χ2n) is 2.45. The summed E-state index contributed by atoms with van der Waals surface area (Å²) in [7, 11) is 0. The summed E-state index contributed by atoms with van der Waals surface area (Å²) in [5, 5.41) is 8.96. The van der Waals surface area contributed by atoms with Crippen molar-refractivity contribution in [1.82, 2.24) is 0 Å². The third-order valence-electron chi connectivity index (χ3n) is 1.44. The molecule has 0 bridgehead atoms. The zero-order valence-corrected chi connectivity index (χ0v) is 6.91. The number of aliphatic hydroxyl groups excluding tert-OH is 1. The van der Waals surface area contributed by atoms with Gasteiger partial charge >= 0.3 is 5.97 Å². The predicted octanol–water partition coefficient (Wildman–Crippen LogP) is 0.732. The Bertz CT molecular complexity index is 140. The normalized spacial score (nSPS) is 15.2. The zero-order valence-electron chi connectivity index (χ0n) is 6.91. The number of esters is 1. The minimum Gasteiger partial charge on any atom is -0.461 e. The van der Waals surface area contributed by atoms with Gasteiger partial charge in [0.1, 0.15) is 6.61 Å². The summed E-state index contributed by atoms with van der Waals surface area (Å²) in [6, 6.07) is 0. The SMILES string of the molecule is C=CCOC(=O)[C@@H](C)[C@H](C)O.